The molecule has 4 nitrogen and oxygen atoms in total. The third-order valence-electron chi connectivity index (χ3n) is 2.43. The summed E-state index contributed by atoms with van der Waals surface area (Å²) >= 11 is 1.35. The van der Waals surface area contributed by atoms with E-state index in [-0.39, 0.29) is 0 Å². The SMILES string of the molecule is COc1c(N)nsc1NC(C)CCC(C)C. The molecule has 1 aromatic rings. The van der Waals surface area contributed by atoms with E-state index in [0.29, 0.717) is 17.6 Å². The fourth-order valence-electron chi connectivity index (χ4n) is 1.46. The Morgan fingerprint density at radius 1 is 1.38 bits per heavy atom. The van der Waals surface area contributed by atoms with E-state index < -0.39 is 0 Å². The van der Waals surface area contributed by atoms with Gasteiger partial charge in [-0.25, -0.2) is 0 Å². The van der Waals surface area contributed by atoms with Gasteiger partial charge >= 0.3 is 0 Å². The summed E-state index contributed by atoms with van der Waals surface area (Å²) in [6.45, 7) is 6.63. The number of methoxy groups -OCH3 is 1. The maximum absolute atomic E-state index is 5.68. The number of hydrogen-bond acceptors (Lipinski definition) is 5. The molecule has 16 heavy (non-hydrogen) atoms. The van der Waals surface area contributed by atoms with Crippen LogP contribution in [-0.4, -0.2) is 17.5 Å². The van der Waals surface area contributed by atoms with Crippen LogP contribution in [0.2, 0.25) is 0 Å². The third-order valence-corrected chi connectivity index (χ3v) is 3.21. The minimum Gasteiger partial charge on any atom is -0.490 e. The lowest BCUT2D eigenvalue weighted by atomic mass is 10.0. The minimum atomic E-state index is 0.413. The summed E-state index contributed by atoms with van der Waals surface area (Å²) < 4.78 is 9.27. The number of rotatable bonds is 6. The summed E-state index contributed by atoms with van der Waals surface area (Å²) in [5, 5.41) is 4.32. The number of ether oxygens (including phenoxy) is 1. The average molecular weight is 243 g/mol. The predicted molar refractivity (Wildman–Crippen MR) is 70.2 cm³/mol. The van der Waals surface area contributed by atoms with Crippen LogP contribution in [0.1, 0.15) is 33.6 Å². The highest BCUT2D eigenvalue weighted by molar-refractivity contribution is 7.11. The van der Waals surface area contributed by atoms with Crippen LogP contribution < -0.4 is 15.8 Å². The fourth-order valence-corrected chi connectivity index (χ4v) is 2.26. The smallest absolute Gasteiger partial charge is 0.197 e. The van der Waals surface area contributed by atoms with Gasteiger partial charge in [0.2, 0.25) is 0 Å². The molecule has 0 saturated carbocycles. The van der Waals surface area contributed by atoms with Crippen molar-refractivity contribution < 1.29 is 4.74 Å². The number of hydrogen-bond donors (Lipinski definition) is 2. The molecule has 3 N–H and O–H groups in total. The molecular formula is C11H21N3OS. The molecule has 1 aromatic heterocycles. The van der Waals surface area contributed by atoms with Crippen LogP contribution in [0.25, 0.3) is 0 Å². The van der Waals surface area contributed by atoms with Gasteiger partial charge in [-0.05, 0) is 37.2 Å². The van der Waals surface area contributed by atoms with Crippen molar-refractivity contribution in [3.63, 3.8) is 0 Å². The Balaban J connectivity index is 2.52. The van der Waals surface area contributed by atoms with Gasteiger partial charge in [-0.1, -0.05) is 13.8 Å². The molecule has 0 bridgehead atoms. The summed E-state index contributed by atoms with van der Waals surface area (Å²) in [5.74, 6) is 1.87. The van der Waals surface area contributed by atoms with E-state index in [1.54, 1.807) is 7.11 Å². The zero-order chi connectivity index (χ0) is 12.1. The van der Waals surface area contributed by atoms with Crippen LogP contribution in [0, 0.1) is 5.92 Å². The van der Waals surface area contributed by atoms with Crippen LogP contribution in [-0.2, 0) is 0 Å². The molecule has 1 unspecified atom stereocenters. The number of nitrogens with one attached hydrogen (secondary N) is 1. The molecule has 0 aliphatic rings. The molecular weight excluding hydrogens is 222 g/mol. The van der Waals surface area contributed by atoms with Gasteiger partial charge in [0.15, 0.2) is 16.6 Å². The lowest BCUT2D eigenvalue weighted by Crippen LogP contribution is -2.15. The second kappa shape index (κ2) is 5.94. The van der Waals surface area contributed by atoms with Crippen molar-refractivity contribution in [1.82, 2.24) is 4.37 Å². The standard InChI is InChI=1S/C11H21N3OS/c1-7(2)5-6-8(3)13-11-9(15-4)10(12)14-16-11/h7-8,13H,5-6H2,1-4H3,(H2,12,14). The van der Waals surface area contributed by atoms with E-state index in [4.69, 9.17) is 10.5 Å². The summed E-state index contributed by atoms with van der Waals surface area (Å²) in [6, 6.07) is 0.413. The Hall–Kier alpha value is -0.970. The van der Waals surface area contributed by atoms with Gasteiger partial charge < -0.3 is 15.8 Å². The van der Waals surface area contributed by atoms with E-state index in [2.05, 4.69) is 30.5 Å². The molecule has 0 saturated heterocycles. The monoisotopic (exact) mass is 243 g/mol. The summed E-state index contributed by atoms with van der Waals surface area (Å²) in [5.41, 5.74) is 5.68. The molecule has 0 amide bonds. The summed E-state index contributed by atoms with van der Waals surface area (Å²) in [4.78, 5) is 0. The topological polar surface area (TPSA) is 60.2 Å². The lowest BCUT2D eigenvalue weighted by molar-refractivity contribution is 0.418. The van der Waals surface area contributed by atoms with Gasteiger partial charge in [-0.15, -0.1) is 0 Å². The van der Waals surface area contributed by atoms with Gasteiger partial charge in [0.1, 0.15) is 0 Å². The number of nitrogens with zero attached hydrogens (tertiary/aromatic N) is 1. The zero-order valence-electron chi connectivity index (χ0n) is 10.4. The zero-order valence-corrected chi connectivity index (χ0v) is 11.2. The lowest BCUT2D eigenvalue weighted by Gasteiger charge is -2.15. The number of aromatic nitrogens is 1. The van der Waals surface area contributed by atoms with E-state index in [0.717, 1.165) is 17.3 Å². The van der Waals surface area contributed by atoms with Crippen molar-refractivity contribution in [3.8, 4) is 5.75 Å². The Labute approximate surface area is 101 Å². The molecule has 92 valence electrons. The van der Waals surface area contributed by atoms with Crippen molar-refractivity contribution in [3.05, 3.63) is 0 Å². The maximum Gasteiger partial charge on any atom is 0.197 e. The highest BCUT2D eigenvalue weighted by Gasteiger charge is 2.13. The first-order valence-electron chi connectivity index (χ1n) is 5.60. The normalized spacial score (nSPS) is 12.8. The molecule has 0 aromatic carbocycles. The van der Waals surface area contributed by atoms with Gasteiger partial charge in [0.25, 0.3) is 0 Å². The molecule has 1 rings (SSSR count). The number of nitrogen functional groups attached to an aromatic ring is 1. The van der Waals surface area contributed by atoms with E-state index in [9.17, 15) is 0 Å². The first-order valence-corrected chi connectivity index (χ1v) is 6.37. The van der Waals surface area contributed by atoms with Crippen LogP contribution in [0.3, 0.4) is 0 Å². The van der Waals surface area contributed by atoms with Crippen LogP contribution >= 0.6 is 11.5 Å². The Kier molecular flexibility index (Phi) is 4.86. The van der Waals surface area contributed by atoms with E-state index in [1.165, 1.54) is 18.0 Å². The first-order chi connectivity index (χ1) is 7.54. The van der Waals surface area contributed by atoms with Gasteiger partial charge in [-0.3, -0.25) is 0 Å². The van der Waals surface area contributed by atoms with E-state index >= 15 is 0 Å². The Bertz CT molecular complexity index is 325. The van der Waals surface area contributed by atoms with Crippen molar-refractivity contribution in [1.29, 1.82) is 0 Å². The molecule has 0 fully saturated rings. The fraction of sp³-hybridized carbons (Fsp3) is 0.727. The largest absolute Gasteiger partial charge is 0.490 e. The molecule has 0 radical (unpaired) electrons. The van der Waals surface area contributed by atoms with Gasteiger partial charge in [0, 0.05) is 6.04 Å². The molecule has 0 aliphatic carbocycles. The van der Waals surface area contributed by atoms with Crippen molar-refractivity contribution >= 4 is 22.4 Å². The molecule has 1 atom stereocenters. The summed E-state index contributed by atoms with van der Waals surface area (Å²) in [6.07, 6.45) is 2.35. The molecule has 0 aliphatic heterocycles. The molecule has 0 spiro atoms. The number of anilines is 2. The van der Waals surface area contributed by atoms with Crippen molar-refractivity contribution in [2.75, 3.05) is 18.2 Å². The maximum atomic E-state index is 5.68. The van der Waals surface area contributed by atoms with Crippen molar-refractivity contribution in [2.45, 2.75) is 39.7 Å². The second-order valence-electron chi connectivity index (χ2n) is 4.45. The van der Waals surface area contributed by atoms with Crippen LogP contribution in [0.15, 0.2) is 0 Å². The number of nitrogens with two attached hydrogens (primary N) is 1. The average Bonchev–Trinajstić information content (AvgIpc) is 2.56. The Morgan fingerprint density at radius 2 is 2.06 bits per heavy atom. The highest BCUT2D eigenvalue weighted by Crippen LogP contribution is 2.35. The first kappa shape index (κ1) is 13.1. The van der Waals surface area contributed by atoms with Crippen molar-refractivity contribution in [2.24, 2.45) is 5.92 Å². The molecule has 1 heterocycles. The minimum absolute atomic E-state index is 0.413. The van der Waals surface area contributed by atoms with Gasteiger partial charge in [-0.2, -0.15) is 4.37 Å². The summed E-state index contributed by atoms with van der Waals surface area (Å²) in [7, 11) is 1.62. The third kappa shape index (κ3) is 3.56. The predicted octanol–water partition coefficient (Wildman–Crippen LogP) is 2.97. The quantitative estimate of drug-likeness (QED) is 0.806. The second-order valence-corrected chi connectivity index (χ2v) is 5.22. The van der Waals surface area contributed by atoms with E-state index in [1.807, 2.05) is 0 Å². The van der Waals surface area contributed by atoms with Crippen LogP contribution in [0.5, 0.6) is 5.75 Å². The Morgan fingerprint density at radius 3 is 2.62 bits per heavy atom. The highest BCUT2D eigenvalue weighted by atomic mass is 32.1. The van der Waals surface area contributed by atoms with Gasteiger partial charge in [0.05, 0.1) is 7.11 Å². The van der Waals surface area contributed by atoms with Crippen LogP contribution in [0.4, 0.5) is 10.8 Å². The molecule has 5 heteroatoms.